The van der Waals surface area contributed by atoms with E-state index in [-0.39, 0.29) is 31.1 Å². The molecule has 0 aliphatic carbocycles. The van der Waals surface area contributed by atoms with Gasteiger partial charge in [-0.15, -0.1) is 0 Å². The molecule has 2 atom stereocenters. The summed E-state index contributed by atoms with van der Waals surface area (Å²) in [5.41, 5.74) is 0. The van der Waals surface area contributed by atoms with Crippen LogP contribution in [0.1, 0.15) is 323 Å². The highest BCUT2D eigenvalue weighted by Gasteiger charge is 2.19. The number of hydrogen-bond acceptors (Lipinski definition) is 6. The first kappa shape index (κ1) is 61.4. The molecule has 0 saturated heterocycles. The van der Waals surface area contributed by atoms with E-state index in [2.05, 4.69) is 27.7 Å². The molecule has 0 amide bonds. The van der Waals surface area contributed by atoms with E-state index in [9.17, 15) is 14.4 Å². The predicted molar refractivity (Wildman–Crippen MR) is 270 cm³/mol. The number of rotatable bonds is 52. The summed E-state index contributed by atoms with van der Waals surface area (Å²) in [5.74, 6) is 0.0324. The first-order valence-electron chi connectivity index (χ1n) is 28.4. The maximum atomic E-state index is 12.8. The Hall–Kier alpha value is -1.59. The summed E-state index contributed by atoms with van der Waals surface area (Å²) in [7, 11) is 0. The van der Waals surface area contributed by atoms with Crippen molar-refractivity contribution in [2.75, 3.05) is 13.2 Å². The molecule has 1 unspecified atom stereocenters. The van der Waals surface area contributed by atoms with Crippen molar-refractivity contribution >= 4 is 17.9 Å². The van der Waals surface area contributed by atoms with E-state index >= 15 is 0 Å². The normalized spacial score (nSPS) is 12.4. The molecule has 0 rings (SSSR count). The zero-order valence-corrected chi connectivity index (χ0v) is 43.0. The summed E-state index contributed by atoms with van der Waals surface area (Å²) < 4.78 is 16.9. The van der Waals surface area contributed by atoms with Crippen LogP contribution in [-0.4, -0.2) is 37.2 Å². The van der Waals surface area contributed by atoms with Gasteiger partial charge in [-0.1, -0.05) is 285 Å². The van der Waals surface area contributed by atoms with Crippen molar-refractivity contribution in [1.82, 2.24) is 0 Å². The number of carbonyl (C=O) groups is 3. The fourth-order valence-electron chi connectivity index (χ4n) is 8.72. The summed E-state index contributed by atoms with van der Waals surface area (Å²) in [4.78, 5) is 38.1. The molecular formula is C57H110O6. The number of carbonyl (C=O) groups excluding carboxylic acids is 3. The summed E-state index contributed by atoms with van der Waals surface area (Å²) >= 11 is 0. The largest absolute Gasteiger partial charge is 0.462 e. The van der Waals surface area contributed by atoms with Crippen LogP contribution in [0, 0.1) is 5.92 Å². The molecule has 0 N–H and O–H groups in total. The molecule has 0 spiro atoms. The predicted octanol–water partition coefficient (Wildman–Crippen LogP) is 18.6. The highest BCUT2D eigenvalue weighted by Crippen LogP contribution is 2.18. The van der Waals surface area contributed by atoms with Gasteiger partial charge in [0.2, 0.25) is 0 Å². The molecule has 0 aromatic carbocycles. The van der Waals surface area contributed by atoms with Gasteiger partial charge < -0.3 is 14.2 Å². The van der Waals surface area contributed by atoms with Gasteiger partial charge in [-0.25, -0.2) is 0 Å². The zero-order chi connectivity index (χ0) is 45.9. The highest BCUT2D eigenvalue weighted by molar-refractivity contribution is 5.71. The summed E-state index contributed by atoms with van der Waals surface area (Å²) in [6.07, 6.45) is 55.1. The third kappa shape index (κ3) is 49.7. The third-order valence-corrected chi connectivity index (χ3v) is 13.4. The molecule has 0 aromatic heterocycles. The monoisotopic (exact) mass is 891 g/mol. The number of hydrogen-bond donors (Lipinski definition) is 0. The van der Waals surface area contributed by atoms with Gasteiger partial charge >= 0.3 is 17.9 Å². The first-order valence-corrected chi connectivity index (χ1v) is 28.4. The molecule has 0 bridgehead atoms. The SMILES string of the molecule is CCCCCCCCCCCCCCCCCCCC(=O)OC[C@@H](COC(=O)CCCCCCCCCCCCC(C)CC)OC(=O)CCCCCCCCCCCCCCCC. The van der Waals surface area contributed by atoms with Crippen LogP contribution in [0.2, 0.25) is 0 Å². The molecule has 0 aromatic rings. The van der Waals surface area contributed by atoms with Crippen LogP contribution >= 0.6 is 0 Å². The standard InChI is InChI=1S/C57H110O6/c1-5-8-10-12-14-16-18-20-22-23-24-26-27-32-36-40-44-48-55(58)61-51-54(63-57(60)50-46-42-38-34-28-25-21-19-17-15-13-11-9-6-2)52-62-56(59)49-45-41-37-33-30-29-31-35-39-43-47-53(4)7-3/h53-54H,5-52H2,1-4H3/t53?,54-/m0/s1. The molecule has 6 heteroatoms. The summed E-state index contributed by atoms with van der Waals surface area (Å²) in [6, 6.07) is 0. The van der Waals surface area contributed by atoms with Gasteiger partial charge in [0.1, 0.15) is 13.2 Å². The van der Waals surface area contributed by atoms with E-state index in [1.807, 2.05) is 0 Å². The molecule has 374 valence electrons. The van der Waals surface area contributed by atoms with Crippen LogP contribution in [0.4, 0.5) is 0 Å². The Labute approximate surface area is 393 Å². The van der Waals surface area contributed by atoms with Crippen molar-refractivity contribution in [3.8, 4) is 0 Å². The second-order valence-electron chi connectivity index (χ2n) is 19.8. The lowest BCUT2D eigenvalue weighted by Gasteiger charge is -2.18. The minimum Gasteiger partial charge on any atom is -0.462 e. The average Bonchev–Trinajstić information content (AvgIpc) is 3.28. The van der Waals surface area contributed by atoms with E-state index in [0.717, 1.165) is 63.7 Å². The lowest BCUT2D eigenvalue weighted by atomic mass is 9.99. The molecule has 0 heterocycles. The molecule has 0 fully saturated rings. The molecule has 6 nitrogen and oxygen atoms in total. The lowest BCUT2D eigenvalue weighted by molar-refractivity contribution is -0.167. The minimum absolute atomic E-state index is 0.0621. The van der Waals surface area contributed by atoms with E-state index in [0.29, 0.717) is 19.3 Å². The van der Waals surface area contributed by atoms with Gasteiger partial charge in [0.15, 0.2) is 6.10 Å². The van der Waals surface area contributed by atoms with Crippen molar-refractivity contribution in [2.24, 2.45) is 5.92 Å². The van der Waals surface area contributed by atoms with Gasteiger partial charge in [0.05, 0.1) is 0 Å². The van der Waals surface area contributed by atoms with Crippen LogP contribution in [-0.2, 0) is 28.6 Å². The van der Waals surface area contributed by atoms with Gasteiger partial charge in [-0.3, -0.25) is 14.4 Å². The van der Waals surface area contributed by atoms with Gasteiger partial charge in [-0.05, 0) is 25.2 Å². The van der Waals surface area contributed by atoms with E-state index in [1.165, 1.54) is 218 Å². The van der Waals surface area contributed by atoms with Crippen LogP contribution in [0.25, 0.3) is 0 Å². The fraction of sp³-hybridized carbons (Fsp3) is 0.947. The van der Waals surface area contributed by atoms with E-state index < -0.39 is 6.10 Å². The van der Waals surface area contributed by atoms with Crippen molar-refractivity contribution < 1.29 is 28.6 Å². The quantitative estimate of drug-likeness (QED) is 0.0344. The van der Waals surface area contributed by atoms with E-state index in [4.69, 9.17) is 14.2 Å². The Balaban J connectivity index is 4.30. The Kier molecular flexibility index (Phi) is 50.1. The van der Waals surface area contributed by atoms with Crippen molar-refractivity contribution in [2.45, 2.75) is 329 Å². The second kappa shape index (κ2) is 51.4. The number of unbranched alkanes of at least 4 members (excludes halogenated alkanes) is 38. The molecule has 0 radical (unpaired) electrons. The smallest absolute Gasteiger partial charge is 0.306 e. The Bertz CT molecular complexity index is 951. The van der Waals surface area contributed by atoms with Gasteiger partial charge in [-0.2, -0.15) is 0 Å². The Morgan fingerprint density at radius 2 is 0.556 bits per heavy atom. The molecular weight excluding hydrogens is 781 g/mol. The third-order valence-electron chi connectivity index (χ3n) is 13.4. The Morgan fingerprint density at radius 3 is 0.825 bits per heavy atom. The first-order chi connectivity index (χ1) is 30.9. The minimum atomic E-state index is -0.761. The van der Waals surface area contributed by atoms with Crippen molar-refractivity contribution in [3.63, 3.8) is 0 Å². The molecule has 63 heavy (non-hydrogen) atoms. The second-order valence-corrected chi connectivity index (χ2v) is 19.8. The van der Waals surface area contributed by atoms with Crippen LogP contribution < -0.4 is 0 Å². The molecule has 0 aliphatic heterocycles. The van der Waals surface area contributed by atoms with Crippen LogP contribution in [0.5, 0.6) is 0 Å². The zero-order valence-electron chi connectivity index (χ0n) is 43.0. The molecule has 0 aliphatic rings. The van der Waals surface area contributed by atoms with Crippen molar-refractivity contribution in [3.05, 3.63) is 0 Å². The molecule has 0 saturated carbocycles. The number of esters is 3. The average molecular weight is 892 g/mol. The Morgan fingerprint density at radius 1 is 0.317 bits per heavy atom. The van der Waals surface area contributed by atoms with Crippen LogP contribution in [0.3, 0.4) is 0 Å². The summed E-state index contributed by atoms with van der Waals surface area (Å²) in [6.45, 7) is 9.07. The summed E-state index contributed by atoms with van der Waals surface area (Å²) in [5, 5.41) is 0. The fourth-order valence-corrected chi connectivity index (χ4v) is 8.72. The highest BCUT2D eigenvalue weighted by atomic mass is 16.6. The van der Waals surface area contributed by atoms with E-state index in [1.54, 1.807) is 0 Å². The maximum absolute atomic E-state index is 12.8. The topological polar surface area (TPSA) is 78.9 Å². The van der Waals surface area contributed by atoms with Crippen molar-refractivity contribution in [1.29, 1.82) is 0 Å². The van der Waals surface area contributed by atoms with Gasteiger partial charge in [0.25, 0.3) is 0 Å². The van der Waals surface area contributed by atoms with Crippen LogP contribution in [0.15, 0.2) is 0 Å². The lowest BCUT2D eigenvalue weighted by Crippen LogP contribution is -2.30. The maximum Gasteiger partial charge on any atom is 0.306 e. The number of ether oxygens (including phenoxy) is 3. The van der Waals surface area contributed by atoms with Gasteiger partial charge in [0, 0.05) is 19.3 Å².